The van der Waals surface area contributed by atoms with Gasteiger partial charge in [-0.1, -0.05) is 281 Å². The Bertz CT molecular complexity index is 1370. The Balaban J connectivity index is 3.90. The van der Waals surface area contributed by atoms with E-state index in [0.717, 1.165) is 51.4 Å². The van der Waals surface area contributed by atoms with Crippen molar-refractivity contribution in [1.29, 1.82) is 0 Å². The molecule has 0 aliphatic heterocycles. The molecule has 0 heterocycles. The van der Waals surface area contributed by atoms with Crippen LogP contribution in [0.4, 0.5) is 0 Å². The number of esters is 2. The fourth-order valence-electron chi connectivity index (χ4n) is 9.41. The number of hydrogen-bond donors (Lipinski definition) is 2. The second kappa shape index (κ2) is 61.2. The van der Waals surface area contributed by atoms with Gasteiger partial charge in [-0.05, 0) is 77.0 Å². The van der Waals surface area contributed by atoms with Crippen LogP contribution in [-0.4, -0.2) is 49.3 Å². The Morgan fingerprint density at radius 3 is 1.04 bits per heavy atom. The number of carbonyl (C=O) groups excluding carboxylic acids is 2. The minimum atomic E-state index is -4.39. The molecule has 0 amide bonds. The van der Waals surface area contributed by atoms with E-state index in [9.17, 15) is 19.0 Å². The molecule has 0 spiro atoms. The van der Waals surface area contributed by atoms with E-state index in [1.54, 1.807) is 0 Å². The lowest BCUT2D eigenvalue weighted by atomic mass is 10.0. The maximum atomic E-state index is 12.7. The molecule has 0 aromatic heterocycles. The van der Waals surface area contributed by atoms with Crippen molar-refractivity contribution in [1.82, 2.24) is 0 Å². The number of ether oxygens (including phenoxy) is 2. The number of carbonyl (C=O) groups is 2. The van der Waals surface area contributed by atoms with E-state index in [2.05, 4.69) is 62.5 Å². The Hall–Kier alpha value is -2.03. The maximum absolute atomic E-state index is 12.7. The van der Waals surface area contributed by atoms with Crippen LogP contribution < -0.4 is 5.73 Å². The Kier molecular flexibility index (Phi) is 59.5. The van der Waals surface area contributed by atoms with Gasteiger partial charge in [0.1, 0.15) is 6.61 Å². The molecule has 9 nitrogen and oxygen atoms in total. The molecular weight excluding hydrogens is 954 g/mol. The van der Waals surface area contributed by atoms with E-state index in [0.29, 0.717) is 6.42 Å². The van der Waals surface area contributed by atoms with Crippen molar-refractivity contribution in [3.05, 3.63) is 48.6 Å². The van der Waals surface area contributed by atoms with E-state index in [1.165, 1.54) is 238 Å². The number of nitrogens with two attached hydrogens (primary N) is 1. The monoisotopic (exact) mass is 1080 g/mol. The quantitative estimate of drug-likeness (QED) is 0.0264. The molecule has 440 valence electrons. The lowest BCUT2D eigenvalue weighted by molar-refractivity contribution is -0.161. The van der Waals surface area contributed by atoms with Crippen LogP contribution in [0.3, 0.4) is 0 Å². The first kappa shape index (κ1) is 73.0. The molecule has 0 rings (SSSR count). The summed E-state index contributed by atoms with van der Waals surface area (Å²) < 4.78 is 33.1. The molecule has 75 heavy (non-hydrogen) atoms. The molecule has 0 aliphatic rings. The number of unbranched alkanes of at least 4 members (excludes halogenated alkanes) is 40. The van der Waals surface area contributed by atoms with Crippen molar-refractivity contribution in [2.45, 2.75) is 328 Å². The summed E-state index contributed by atoms with van der Waals surface area (Å²) >= 11 is 0. The third-order valence-corrected chi connectivity index (χ3v) is 15.2. The largest absolute Gasteiger partial charge is 0.472 e. The molecule has 0 aromatic carbocycles. The van der Waals surface area contributed by atoms with Crippen LogP contribution in [0.2, 0.25) is 0 Å². The molecule has 2 atom stereocenters. The van der Waals surface area contributed by atoms with E-state index in [4.69, 9.17) is 24.3 Å². The van der Waals surface area contributed by atoms with Crippen molar-refractivity contribution in [2.75, 3.05) is 26.4 Å². The van der Waals surface area contributed by atoms with Gasteiger partial charge in [0, 0.05) is 19.4 Å². The molecule has 0 aliphatic carbocycles. The van der Waals surface area contributed by atoms with Crippen LogP contribution in [-0.2, 0) is 32.7 Å². The molecule has 2 unspecified atom stereocenters. The first-order chi connectivity index (χ1) is 36.8. The second-order valence-corrected chi connectivity index (χ2v) is 23.1. The van der Waals surface area contributed by atoms with Crippen LogP contribution in [0.5, 0.6) is 0 Å². The van der Waals surface area contributed by atoms with Crippen LogP contribution >= 0.6 is 7.82 Å². The average Bonchev–Trinajstić information content (AvgIpc) is 3.40. The lowest BCUT2D eigenvalue weighted by Gasteiger charge is -2.19. The highest BCUT2D eigenvalue weighted by Crippen LogP contribution is 2.43. The van der Waals surface area contributed by atoms with Gasteiger partial charge < -0.3 is 20.1 Å². The fraction of sp³-hybridized carbons (Fsp3) is 0.846. The minimum Gasteiger partial charge on any atom is -0.462 e. The van der Waals surface area contributed by atoms with Crippen molar-refractivity contribution < 1.29 is 37.6 Å². The summed E-state index contributed by atoms with van der Waals surface area (Å²) in [6.45, 7) is 3.78. The summed E-state index contributed by atoms with van der Waals surface area (Å²) in [6, 6.07) is 0. The summed E-state index contributed by atoms with van der Waals surface area (Å²) in [5.74, 6) is -0.814. The van der Waals surface area contributed by atoms with E-state index in [1.807, 2.05) is 0 Å². The molecule has 0 bridgehead atoms. The zero-order valence-corrected chi connectivity index (χ0v) is 50.2. The normalized spacial score (nSPS) is 13.3. The number of allylic oxidation sites excluding steroid dienone is 8. The standard InChI is InChI=1S/C65H122NO8P/c1-3-5-7-9-11-13-15-17-19-21-23-25-27-29-30-31-32-34-36-38-40-42-44-46-48-50-52-54-56-58-65(68)74-63(62-73-75(69,70)72-60-59-66)61-71-64(67)57-55-53-51-49-47-45-43-41-39-37-35-33-28-26-24-22-20-18-16-14-12-10-8-6-4-2/h15,17,21-24,27,29,63H,3-14,16,18-20,25-26,28,30-62,66H2,1-2H3,(H,69,70)/b17-15-,23-21-,24-22-,29-27-. The summed E-state index contributed by atoms with van der Waals surface area (Å²) in [5.41, 5.74) is 5.39. The third-order valence-electron chi connectivity index (χ3n) is 14.2. The first-order valence-corrected chi connectivity index (χ1v) is 33.6. The van der Waals surface area contributed by atoms with Gasteiger partial charge in [0.05, 0.1) is 13.2 Å². The average molecular weight is 1080 g/mol. The predicted octanol–water partition coefficient (Wildman–Crippen LogP) is 20.5. The minimum absolute atomic E-state index is 0.0538. The predicted molar refractivity (Wildman–Crippen MR) is 321 cm³/mol. The van der Waals surface area contributed by atoms with Gasteiger partial charge >= 0.3 is 19.8 Å². The second-order valence-electron chi connectivity index (χ2n) is 21.6. The highest BCUT2D eigenvalue weighted by atomic mass is 31.2. The Morgan fingerprint density at radius 1 is 0.400 bits per heavy atom. The van der Waals surface area contributed by atoms with Gasteiger partial charge in [-0.25, -0.2) is 4.57 Å². The molecule has 0 fully saturated rings. The molecule has 10 heteroatoms. The van der Waals surface area contributed by atoms with E-state index in [-0.39, 0.29) is 38.6 Å². The summed E-state index contributed by atoms with van der Waals surface area (Å²) in [4.78, 5) is 35.3. The van der Waals surface area contributed by atoms with Gasteiger partial charge in [-0.3, -0.25) is 18.6 Å². The summed E-state index contributed by atoms with van der Waals surface area (Å²) in [5, 5.41) is 0. The zero-order valence-electron chi connectivity index (χ0n) is 49.3. The van der Waals surface area contributed by atoms with Crippen LogP contribution in [0.25, 0.3) is 0 Å². The summed E-state index contributed by atoms with van der Waals surface area (Å²) in [6.07, 6.45) is 76.1. The smallest absolute Gasteiger partial charge is 0.462 e. The molecule has 0 radical (unpaired) electrons. The van der Waals surface area contributed by atoms with E-state index >= 15 is 0 Å². The molecular formula is C65H122NO8P. The fourth-order valence-corrected chi connectivity index (χ4v) is 10.2. The number of phosphoric acid groups is 1. The number of rotatable bonds is 61. The highest BCUT2D eigenvalue weighted by Gasteiger charge is 2.26. The molecule has 0 aromatic rings. The zero-order chi connectivity index (χ0) is 54.5. The number of hydrogen-bond acceptors (Lipinski definition) is 8. The summed E-state index contributed by atoms with van der Waals surface area (Å²) in [7, 11) is -4.39. The lowest BCUT2D eigenvalue weighted by Crippen LogP contribution is -2.29. The van der Waals surface area contributed by atoms with Gasteiger partial charge in [-0.2, -0.15) is 0 Å². The van der Waals surface area contributed by atoms with Gasteiger partial charge in [0.25, 0.3) is 0 Å². The third kappa shape index (κ3) is 61.1. The maximum Gasteiger partial charge on any atom is 0.472 e. The van der Waals surface area contributed by atoms with Crippen molar-refractivity contribution in [2.24, 2.45) is 5.73 Å². The molecule has 0 saturated heterocycles. The Labute approximate surface area is 464 Å². The molecule has 0 saturated carbocycles. The van der Waals surface area contributed by atoms with Crippen LogP contribution in [0, 0.1) is 0 Å². The number of phosphoric ester groups is 1. The van der Waals surface area contributed by atoms with Gasteiger partial charge in [0.2, 0.25) is 0 Å². The SMILES string of the molecule is CCCCCCC/C=C\C/C=C\C/C=C\CCCCCCCCCCCCCCCCC(=O)OC(COC(=O)CCCCCCCCCCCCCCC/C=C\CCCCCCCCCC)COP(=O)(O)OCCN. The first-order valence-electron chi connectivity index (χ1n) is 32.1. The Morgan fingerprint density at radius 2 is 0.693 bits per heavy atom. The highest BCUT2D eigenvalue weighted by molar-refractivity contribution is 7.47. The van der Waals surface area contributed by atoms with Crippen LogP contribution in [0.15, 0.2) is 48.6 Å². The van der Waals surface area contributed by atoms with Gasteiger partial charge in [0.15, 0.2) is 6.10 Å². The topological polar surface area (TPSA) is 134 Å². The van der Waals surface area contributed by atoms with E-state index < -0.39 is 26.5 Å². The molecule has 3 N–H and O–H groups in total. The van der Waals surface area contributed by atoms with Crippen molar-refractivity contribution >= 4 is 19.8 Å². The van der Waals surface area contributed by atoms with Crippen LogP contribution in [0.1, 0.15) is 322 Å². The van der Waals surface area contributed by atoms with Crippen molar-refractivity contribution in [3.63, 3.8) is 0 Å². The van der Waals surface area contributed by atoms with Crippen molar-refractivity contribution in [3.8, 4) is 0 Å². The van der Waals surface area contributed by atoms with Gasteiger partial charge in [-0.15, -0.1) is 0 Å².